The first-order valence-electron chi connectivity index (χ1n) is 7.22. The lowest BCUT2D eigenvalue weighted by molar-refractivity contribution is 0.317. The molecule has 1 N–H and O–H groups in total. The molecule has 0 radical (unpaired) electrons. The minimum atomic E-state index is 0.125. The summed E-state index contributed by atoms with van der Waals surface area (Å²) >= 11 is 0. The van der Waals surface area contributed by atoms with E-state index in [4.69, 9.17) is 10.00 Å². The predicted molar refractivity (Wildman–Crippen MR) is 85.4 cm³/mol. The van der Waals surface area contributed by atoms with Crippen LogP contribution in [0.25, 0.3) is 0 Å². The summed E-state index contributed by atoms with van der Waals surface area (Å²) in [7, 11) is 0. The van der Waals surface area contributed by atoms with Crippen LogP contribution in [0.15, 0.2) is 48.5 Å². The van der Waals surface area contributed by atoms with Gasteiger partial charge in [-0.05, 0) is 43.2 Å². The van der Waals surface area contributed by atoms with E-state index in [-0.39, 0.29) is 6.04 Å². The number of anilines is 1. The minimum absolute atomic E-state index is 0.125. The van der Waals surface area contributed by atoms with Crippen LogP contribution in [-0.4, -0.2) is 6.61 Å². The molecule has 1 unspecified atom stereocenters. The van der Waals surface area contributed by atoms with E-state index in [0.717, 1.165) is 30.0 Å². The van der Waals surface area contributed by atoms with Crippen molar-refractivity contribution in [2.75, 3.05) is 11.9 Å². The number of nitriles is 1. The van der Waals surface area contributed by atoms with Gasteiger partial charge in [0.25, 0.3) is 0 Å². The molecule has 3 nitrogen and oxygen atoms in total. The molecule has 0 saturated carbocycles. The van der Waals surface area contributed by atoms with E-state index in [0.29, 0.717) is 5.56 Å². The maximum atomic E-state index is 8.97. The van der Waals surface area contributed by atoms with E-state index in [1.165, 1.54) is 0 Å². The molecule has 0 saturated heterocycles. The Morgan fingerprint density at radius 3 is 2.76 bits per heavy atom. The van der Waals surface area contributed by atoms with Gasteiger partial charge >= 0.3 is 0 Å². The van der Waals surface area contributed by atoms with E-state index >= 15 is 0 Å². The van der Waals surface area contributed by atoms with Crippen molar-refractivity contribution in [1.82, 2.24) is 0 Å². The van der Waals surface area contributed by atoms with E-state index in [1.54, 1.807) is 0 Å². The first-order chi connectivity index (χ1) is 10.2. The number of nitrogens with one attached hydrogen (secondary N) is 1. The highest BCUT2D eigenvalue weighted by Gasteiger charge is 2.06. The predicted octanol–water partition coefficient (Wildman–Crippen LogP) is 4.52. The Hall–Kier alpha value is -2.47. The minimum Gasteiger partial charge on any atom is -0.494 e. The van der Waals surface area contributed by atoms with E-state index < -0.39 is 0 Å². The molecule has 0 aliphatic rings. The van der Waals surface area contributed by atoms with Gasteiger partial charge in [0.15, 0.2) is 0 Å². The second kappa shape index (κ2) is 7.35. The third-order valence-electron chi connectivity index (χ3n) is 3.21. The van der Waals surface area contributed by atoms with Crippen molar-refractivity contribution < 1.29 is 4.74 Å². The Labute approximate surface area is 126 Å². The number of ether oxygens (including phenoxy) is 1. The molecular weight excluding hydrogens is 260 g/mol. The van der Waals surface area contributed by atoms with E-state index in [1.807, 2.05) is 48.5 Å². The zero-order chi connectivity index (χ0) is 15.1. The largest absolute Gasteiger partial charge is 0.494 e. The molecular formula is C18H20N2O. The fourth-order valence-electron chi connectivity index (χ4n) is 2.11. The van der Waals surface area contributed by atoms with Crippen LogP contribution < -0.4 is 10.1 Å². The van der Waals surface area contributed by atoms with Crippen molar-refractivity contribution in [1.29, 1.82) is 5.26 Å². The standard InChI is InChI=1S/C18H20N2O/c1-3-10-21-18-9-5-8-17(12-18)20-14(2)16-7-4-6-15(11-16)13-19/h4-9,11-12,14,20H,3,10H2,1-2H3. The van der Waals surface area contributed by atoms with Crippen molar-refractivity contribution in [2.45, 2.75) is 26.3 Å². The van der Waals surface area contributed by atoms with Crippen LogP contribution in [0.5, 0.6) is 5.75 Å². The summed E-state index contributed by atoms with van der Waals surface area (Å²) in [5.41, 5.74) is 2.79. The topological polar surface area (TPSA) is 45.0 Å². The normalized spacial score (nSPS) is 11.5. The molecule has 0 spiro atoms. The molecule has 0 fully saturated rings. The highest BCUT2D eigenvalue weighted by atomic mass is 16.5. The Bertz CT molecular complexity index is 631. The summed E-state index contributed by atoms with van der Waals surface area (Å²) in [4.78, 5) is 0. The van der Waals surface area contributed by atoms with Crippen LogP contribution >= 0.6 is 0 Å². The first-order valence-corrected chi connectivity index (χ1v) is 7.22. The van der Waals surface area contributed by atoms with Crippen molar-refractivity contribution in [3.63, 3.8) is 0 Å². The molecule has 2 rings (SSSR count). The Kier molecular flexibility index (Phi) is 5.22. The number of nitrogens with zero attached hydrogens (tertiary/aromatic N) is 1. The van der Waals surface area contributed by atoms with Gasteiger partial charge in [0.2, 0.25) is 0 Å². The Balaban J connectivity index is 2.08. The highest BCUT2D eigenvalue weighted by Crippen LogP contribution is 2.23. The molecule has 0 aliphatic heterocycles. The van der Waals surface area contributed by atoms with Gasteiger partial charge in [0.1, 0.15) is 5.75 Å². The molecule has 0 amide bonds. The van der Waals surface area contributed by atoms with Gasteiger partial charge < -0.3 is 10.1 Å². The van der Waals surface area contributed by atoms with Crippen LogP contribution in [0.4, 0.5) is 5.69 Å². The fourth-order valence-corrected chi connectivity index (χ4v) is 2.11. The second-order valence-corrected chi connectivity index (χ2v) is 4.98. The van der Waals surface area contributed by atoms with Gasteiger partial charge in [-0.25, -0.2) is 0 Å². The van der Waals surface area contributed by atoms with Gasteiger partial charge in [0, 0.05) is 17.8 Å². The molecule has 3 heteroatoms. The van der Waals surface area contributed by atoms with Crippen LogP contribution in [0.3, 0.4) is 0 Å². The number of benzene rings is 2. The third-order valence-corrected chi connectivity index (χ3v) is 3.21. The first kappa shape index (κ1) is 14.9. The lowest BCUT2D eigenvalue weighted by atomic mass is 10.1. The molecule has 2 aromatic carbocycles. The van der Waals surface area contributed by atoms with Crippen LogP contribution in [-0.2, 0) is 0 Å². The van der Waals surface area contributed by atoms with Crippen molar-refractivity contribution in [3.8, 4) is 11.8 Å². The Morgan fingerprint density at radius 1 is 1.19 bits per heavy atom. The lowest BCUT2D eigenvalue weighted by Gasteiger charge is -2.16. The number of hydrogen-bond donors (Lipinski definition) is 1. The quantitative estimate of drug-likeness (QED) is 0.846. The summed E-state index contributed by atoms with van der Waals surface area (Å²) in [6.07, 6.45) is 0.995. The third kappa shape index (κ3) is 4.25. The van der Waals surface area contributed by atoms with E-state index in [9.17, 15) is 0 Å². The number of rotatable bonds is 6. The van der Waals surface area contributed by atoms with Gasteiger partial charge in [-0.2, -0.15) is 5.26 Å². The van der Waals surface area contributed by atoms with Crippen molar-refractivity contribution >= 4 is 5.69 Å². The van der Waals surface area contributed by atoms with Crippen LogP contribution in [0, 0.1) is 11.3 Å². The van der Waals surface area contributed by atoms with Crippen LogP contribution in [0.1, 0.15) is 37.4 Å². The van der Waals surface area contributed by atoms with Gasteiger partial charge in [-0.3, -0.25) is 0 Å². The average molecular weight is 280 g/mol. The second-order valence-electron chi connectivity index (χ2n) is 4.98. The lowest BCUT2D eigenvalue weighted by Crippen LogP contribution is -2.07. The molecule has 21 heavy (non-hydrogen) atoms. The van der Waals surface area contributed by atoms with Crippen molar-refractivity contribution in [2.24, 2.45) is 0 Å². The van der Waals surface area contributed by atoms with Gasteiger partial charge in [-0.1, -0.05) is 25.1 Å². The Morgan fingerprint density at radius 2 is 2.00 bits per heavy atom. The molecule has 1 atom stereocenters. The summed E-state index contributed by atoms with van der Waals surface area (Å²) in [6.45, 7) is 4.89. The number of hydrogen-bond acceptors (Lipinski definition) is 3. The summed E-state index contributed by atoms with van der Waals surface area (Å²) < 4.78 is 5.64. The summed E-state index contributed by atoms with van der Waals surface area (Å²) in [5.74, 6) is 0.875. The maximum absolute atomic E-state index is 8.97. The van der Waals surface area contributed by atoms with Crippen LogP contribution in [0.2, 0.25) is 0 Å². The summed E-state index contributed by atoms with van der Waals surface area (Å²) in [5, 5.41) is 12.4. The molecule has 108 valence electrons. The molecule has 0 aliphatic carbocycles. The highest BCUT2D eigenvalue weighted by molar-refractivity contribution is 5.50. The average Bonchev–Trinajstić information content (AvgIpc) is 2.53. The van der Waals surface area contributed by atoms with Crippen molar-refractivity contribution in [3.05, 3.63) is 59.7 Å². The zero-order valence-electron chi connectivity index (χ0n) is 12.5. The van der Waals surface area contributed by atoms with Gasteiger partial charge in [-0.15, -0.1) is 0 Å². The molecule has 0 heterocycles. The summed E-state index contributed by atoms with van der Waals surface area (Å²) in [6, 6.07) is 17.9. The smallest absolute Gasteiger partial charge is 0.121 e. The molecule has 0 aromatic heterocycles. The maximum Gasteiger partial charge on any atom is 0.121 e. The van der Waals surface area contributed by atoms with Gasteiger partial charge in [0.05, 0.1) is 18.2 Å². The monoisotopic (exact) mass is 280 g/mol. The van der Waals surface area contributed by atoms with E-state index in [2.05, 4.69) is 25.2 Å². The fraction of sp³-hybridized carbons (Fsp3) is 0.278. The molecule has 0 bridgehead atoms. The molecule has 2 aromatic rings. The SMILES string of the molecule is CCCOc1cccc(NC(C)c2cccc(C#N)c2)c1. The zero-order valence-corrected chi connectivity index (χ0v) is 12.5.